The third-order valence-corrected chi connectivity index (χ3v) is 19.1. The molecule has 6 aliphatic heterocycles. The Morgan fingerprint density at radius 2 is 1.23 bits per heavy atom. The lowest BCUT2D eigenvalue weighted by Gasteiger charge is -2.45. The number of likely N-dealkylation sites (tertiary alicyclic amines) is 3. The molecule has 0 atom stereocenters. The summed E-state index contributed by atoms with van der Waals surface area (Å²) < 4.78 is 111. The molecule has 3 saturated heterocycles. The van der Waals surface area contributed by atoms with Crippen molar-refractivity contribution >= 4 is 29.3 Å². The Labute approximate surface area is 558 Å². The molecule has 3 amide bonds. The molecule has 0 unspecified atom stereocenters. The molecule has 0 saturated carbocycles. The molecular formula is C74H60ClF6N9O7. The molecule has 0 aliphatic carbocycles. The highest BCUT2D eigenvalue weighted by atomic mass is 35.5. The minimum atomic E-state index is -4.74. The molecule has 23 heteroatoms. The SMILES string of the molecule is Cn1ncc2c1-c1ccccc1OC21CCN(C(=O)c2ccc(Oc3ccccc3)nc2)CC1.N#Cc1ccc2n1-c1ccccc1OC21CCN(C(=O)c2ccccc2C(F)F)CC1.O=C(c1cc(F)cc(C(F)(F)F)c1)N1CCC2(CC1)Oc1cc(Cl)ccc1-n1cccc12. The highest BCUT2D eigenvalue weighted by Gasteiger charge is 2.49. The maximum atomic E-state index is 13.8. The lowest BCUT2D eigenvalue weighted by molar-refractivity contribution is -0.137. The summed E-state index contributed by atoms with van der Waals surface area (Å²) >= 11 is 6.14. The molecule has 492 valence electrons. The van der Waals surface area contributed by atoms with E-state index >= 15 is 0 Å². The van der Waals surface area contributed by atoms with Crippen LogP contribution < -0.4 is 18.9 Å². The second kappa shape index (κ2) is 25.4. The van der Waals surface area contributed by atoms with Crippen LogP contribution in [0.4, 0.5) is 26.3 Å². The van der Waals surface area contributed by atoms with Crippen molar-refractivity contribution in [2.75, 3.05) is 39.3 Å². The number of carbonyl (C=O) groups is 3. The van der Waals surface area contributed by atoms with E-state index in [4.69, 9.17) is 30.5 Å². The Balaban J connectivity index is 0.000000125. The summed E-state index contributed by atoms with van der Waals surface area (Å²) in [7, 11) is 1.96. The number of para-hydroxylation sites is 4. The number of halogens is 7. The molecule has 3 fully saturated rings. The van der Waals surface area contributed by atoms with Gasteiger partial charge in [-0.15, -0.1) is 0 Å². The molecule has 4 aromatic heterocycles. The quantitative estimate of drug-likeness (QED) is 0.146. The van der Waals surface area contributed by atoms with Crippen molar-refractivity contribution in [2.45, 2.75) is 67.9 Å². The zero-order valence-corrected chi connectivity index (χ0v) is 52.8. The van der Waals surface area contributed by atoms with Gasteiger partial charge in [0.2, 0.25) is 5.88 Å². The summed E-state index contributed by atoms with van der Waals surface area (Å²) in [5.74, 6) is 1.19. The average molecular weight is 1340 g/mol. The number of pyridine rings is 1. The van der Waals surface area contributed by atoms with Crippen molar-refractivity contribution in [1.82, 2.24) is 38.6 Å². The van der Waals surface area contributed by atoms with Gasteiger partial charge in [-0.2, -0.15) is 23.5 Å². The number of piperidine rings is 3. The number of carbonyl (C=O) groups excluding carboxylic acids is 3. The van der Waals surface area contributed by atoms with Crippen LogP contribution in [0.2, 0.25) is 5.02 Å². The van der Waals surface area contributed by atoms with E-state index < -0.39 is 52.6 Å². The Bertz CT molecular complexity index is 4700. The molecule has 0 N–H and O–H groups in total. The third kappa shape index (κ3) is 11.9. The first-order valence-electron chi connectivity index (χ1n) is 31.5. The second-order valence-corrected chi connectivity index (χ2v) is 24.9. The number of ether oxygens (including phenoxy) is 4. The number of hydrogen-bond donors (Lipinski definition) is 0. The van der Waals surface area contributed by atoms with Gasteiger partial charge in [0, 0.05) is 142 Å². The smallest absolute Gasteiger partial charge is 0.416 e. The predicted molar refractivity (Wildman–Crippen MR) is 346 cm³/mol. The fraction of sp³-hybridized carbons (Fsp3) is 0.243. The maximum Gasteiger partial charge on any atom is 0.416 e. The summed E-state index contributed by atoms with van der Waals surface area (Å²) in [6.45, 7) is 2.42. The molecular weight excluding hydrogens is 1280 g/mol. The fourth-order valence-electron chi connectivity index (χ4n) is 14.0. The standard InChI is InChI=1S/C27H24N4O3.C24H19F2N3O2.C23H17ClF4N2O2/c1-30-25-21-9-5-6-10-23(21)34-27(22(25)18-29-30)13-15-31(16-14-27)26(32)19-11-12-24(28-17-19)33-20-7-3-2-4-8-20;25-22(26)17-5-1-2-6-18(17)23(30)28-13-11-24(12-14-28)21-10-9-16(15-27)29(21)19-7-3-4-8-20(19)31-24;24-16-3-4-18-19(13-16)32-22(20-2-1-7-30(18)20)5-8-29(9-6-22)21(31)14-10-15(23(26,27)28)12-17(25)11-14/h2-12,17-18H,13-16H2,1H3;1-10,22H,11-14H2;1-4,7,10-13H,5-6,8-9H2. The van der Waals surface area contributed by atoms with Gasteiger partial charge in [0.05, 0.1) is 45.8 Å². The number of rotatable bonds is 6. The van der Waals surface area contributed by atoms with Crippen LogP contribution in [-0.4, -0.2) is 95.6 Å². The van der Waals surface area contributed by atoms with Gasteiger partial charge in [0.25, 0.3) is 24.1 Å². The Hall–Kier alpha value is -10.8. The summed E-state index contributed by atoms with van der Waals surface area (Å²) in [6.07, 6.45) is 1.23. The van der Waals surface area contributed by atoms with Crippen molar-refractivity contribution in [2.24, 2.45) is 7.05 Å². The fourth-order valence-corrected chi connectivity index (χ4v) is 14.2. The third-order valence-electron chi connectivity index (χ3n) is 18.9. The van der Waals surface area contributed by atoms with Crippen LogP contribution in [-0.2, 0) is 30.0 Å². The zero-order valence-electron chi connectivity index (χ0n) is 52.1. The summed E-state index contributed by atoms with van der Waals surface area (Å²) in [5, 5.41) is 14.6. The van der Waals surface area contributed by atoms with Gasteiger partial charge in [-0.25, -0.2) is 18.2 Å². The Kier molecular flexibility index (Phi) is 16.7. The maximum absolute atomic E-state index is 13.8. The van der Waals surface area contributed by atoms with Gasteiger partial charge >= 0.3 is 6.18 Å². The van der Waals surface area contributed by atoms with Crippen molar-refractivity contribution in [1.29, 1.82) is 5.26 Å². The lowest BCUT2D eigenvalue weighted by Crippen LogP contribution is -2.50. The van der Waals surface area contributed by atoms with E-state index in [-0.39, 0.29) is 35.7 Å². The monoisotopic (exact) mass is 1340 g/mol. The molecule has 0 radical (unpaired) electrons. The van der Waals surface area contributed by atoms with Gasteiger partial charge in [0.1, 0.15) is 46.2 Å². The average Bonchev–Trinajstić information content (AvgIpc) is 1.66. The first-order chi connectivity index (χ1) is 46.8. The zero-order chi connectivity index (χ0) is 67.4. The number of benzene rings is 6. The van der Waals surface area contributed by atoms with Gasteiger partial charge < -0.3 is 38.2 Å². The largest absolute Gasteiger partial charge is 0.482 e. The van der Waals surface area contributed by atoms with E-state index in [0.717, 1.165) is 51.4 Å². The highest BCUT2D eigenvalue weighted by molar-refractivity contribution is 6.30. The van der Waals surface area contributed by atoms with E-state index in [2.05, 4.69) is 22.2 Å². The van der Waals surface area contributed by atoms with E-state index in [1.807, 2.05) is 135 Å². The van der Waals surface area contributed by atoms with Crippen LogP contribution in [0.5, 0.6) is 28.9 Å². The van der Waals surface area contributed by atoms with Gasteiger partial charge in [-0.1, -0.05) is 72.3 Å². The Morgan fingerprint density at radius 1 is 0.608 bits per heavy atom. The molecule has 16 nitrogen and oxygen atoms in total. The van der Waals surface area contributed by atoms with Crippen molar-refractivity contribution in [3.8, 4) is 57.6 Å². The van der Waals surface area contributed by atoms with E-state index in [1.54, 1.807) is 47.5 Å². The number of aromatic nitrogens is 5. The van der Waals surface area contributed by atoms with E-state index in [1.165, 1.54) is 23.1 Å². The predicted octanol–water partition coefficient (Wildman–Crippen LogP) is 15.4. The molecule has 97 heavy (non-hydrogen) atoms. The number of fused-ring (bicyclic) bond motifs is 12. The molecule has 6 aromatic carbocycles. The topological polar surface area (TPSA) is 162 Å². The summed E-state index contributed by atoms with van der Waals surface area (Å²) in [6, 6.07) is 51.5. The Morgan fingerprint density at radius 3 is 1.92 bits per heavy atom. The lowest BCUT2D eigenvalue weighted by atomic mass is 9.81. The number of alkyl halides is 5. The highest BCUT2D eigenvalue weighted by Crippen LogP contribution is 2.51. The molecule has 16 rings (SSSR count). The number of hydrogen-bond acceptors (Lipinski definition) is 10. The van der Waals surface area contributed by atoms with Gasteiger partial charge in [-0.3, -0.25) is 23.6 Å². The summed E-state index contributed by atoms with van der Waals surface area (Å²) in [4.78, 5) is 48.3. The molecule has 6 aliphatic rings. The van der Waals surface area contributed by atoms with Crippen molar-refractivity contribution < 1.29 is 59.7 Å². The number of aryl methyl sites for hydroxylation is 1. The van der Waals surface area contributed by atoms with Crippen LogP contribution >= 0.6 is 11.6 Å². The minimum Gasteiger partial charge on any atom is -0.482 e. The molecule has 10 heterocycles. The first-order valence-corrected chi connectivity index (χ1v) is 31.9. The number of amides is 3. The molecule has 10 aromatic rings. The summed E-state index contributed by atoms with van der Waals surface area (Å²) in [5.41, 5.74) is 4.26. The van der Waals surface area contributed by atoms with Gasteiger partial charge in [0.15, 0.2) is 11.2 Å². The normalized spacial score (nSPS) is 16.4. The minimum absolute atomic E-state index is 0.0313. The number of nitriles is 1. The van der Waals surface area contributed by atoms with Crippen LogP contribution in [0.25, 0.3) is 22.6 Å². The van der Waals surface area contributed by atoms with Crippen molar-refractivity contribution in [3.63, 3.8) is 0 Å². The van der Waals surface area contributed by atoms with Gasteiger partial charge in [-0.05, 0) is 103 Å². The van der Waals surface area contributed by atoms with E-state index in [0.29, 0.717) is 116 Å². The molecule has 0 bridgehead atoms. The van der Waals surface area contributed by atoms with Crippen LogP contribution in [0.3, 0.4) is 0 Å². The number of nitrogens with zero attached hydrogens (tertiary/aromatic N) is 9. The molecule has 3 spiro atoms. The van der Waals surface area contributed by atoms with Crippen LogP contribution in [0, 0.1) is 17.1 Å². The van der Waals surface area contributed by atoms with E-state index in [9.17, 15) is 46.0 Å². The van der Waals surface area contributed by atoms with Crippen molar-refractivity contribution in [3.05, 3.63) is 256 Å². The first kappa shape index (κ1) is 63.6. The second-order valence-electron chi connectivity index (χ2n) is 24.5. The van der Waals surface area contributed by atoms with Crippen LogP contribution in [0.15, 0.2) is 195 Å². The van der Waals surface area contributed by atoms with Crippen LogP contribution in [0.1, 0.15) is 110 Å².